The van der Waals surface area contributed by atoms with E-state index in [2.05, 4.69) is 92.7 Å². The Labute approximate surface area is 225 Å². The Bertz CT molecular complexity index is 1660. The van der Waals surface area contributed by atoms with E-state index in [1.54, 1.807) is 0 Å². The topological polar surface area (TPSA) is 65.5 Å². The van der Waals surface area contributed by atoms with Gasteiger partial charge in [0.2, 0.25) is 0 Å². The number of hydrogen-bond donors (Lipinski definition) is 1. The second-order valence-corrected chi connectivity index (χ2v) is 12.7. The maximum atomic E-state index is 5.41. The van der Waals surface area contributed by atoms with Gasteiger partial charge in [0.1, 0.15) is 5.82 Å². The highest BCUT2D eigenvalue weighted by molar-refractivity contribution is 14.2. The molecule has 5 aromatic rings. The number of aromatic nitrogens is 6. The molecule has 1 spiro atoms. The van der Waals surface area contributed by atoms with Crippen molar-refractivity contribution >= 4 is 50.2 Å². The molecular formula is C27H29IN7P. The highest BCUT2D eigenvalue weighted by atomic mass is 127. The Kier molecular flexibility index (Phi) is 5.15. The van der Waals surface area contributed by atoms with Crippen LogP contribution in [0.4, 0.5) is 0 Å². The lowest BCUT2D eigenvalue weighted by Crippen LogP contribution is -2.59. The van der Waals surface area contributed by atoms with Crippen LogP contribution in [0.1, 0.15) is 35.8 Å². The summed E-state index contributed by atoms with van der Waals surface area (Å²) >= 11 is 2.40. The van der Waals surface area contributed by atoms with Gasteiger partial charge in [0, 0.05) is 55.0 Å². The van der Waals surface area contributed by atoms with Crippen molar-refractivity contribution < 1.29 is 0 Å². The van der Waals surface area contributed by atoms with E-state index in [1.807, 2.05) is 17.9 Å². The molecule has 9 heteroatoms. The van der Waals surface area contributed by atoms with Crippen LogP contribution in [0.15, 0.2) is 36.5 Å². The van der Waals surface area contributed by atoms with Gasteiger partial charge in [-0.3, -0.25) is 4.68 Å². The molecule has 1 unspecified atom stereocenters. The molecule has 1 saturated carbocycles. The van der Waals surface area contributed by atoms with Crippen LogP contribution >= 0.6 is 28.4 Å². The summed E-state index contributed by atoms with van der Waals surface area (Å²) in [5.74, 6) is 1.71. The molecule has 0 amide bonds. The number of aryl methyl sites for hydroxylation is 3. The van der Waals surface area contributed by atoms with E-state index in [0.717, 1.165) is 35.6 Å². The fourth-order valence-corrected chi connectivity index (χ4v) is 8.02. The molecule has 1 N–H and O–H groups in total. The highest BCUT2D eigenvalue weighted by Gasteiger charge is 2.50. The molecule has 3 aromatic heterocycles. The van der Waals surface area contributed by atoms with Gasteiger partial charge in [-0.05, 0) is 77.9 Å². The normalized spacial score (nSPS) is 17.6. The Morgan fingerprint density at radius 3 is 2.56 bits per heavy atom. The molecule has 1 aliphatic heterocycles. The Morgan fingerprint density at radius 1 is 1.06 bits per heavy atom. The van der Waals surface area contributed by atoms with Crippen molar-refractivity contribution in [2.75, 3.05) is 13.1 Å². The van der Waals surface area contributed by atoms with Crippen LogP contribution in [0.5, 0.6) is 0 Å². The minimum atomic E-state index is 0.501. The summed E-state index contributed by atoms with van der Waals surface area (Å²) in [5.41, 5.74) is 9.77. The first-order valence-corrected chi connectivity index (χ1v) is 16.5. The van der Waals surface area contributed by atoms with Crippen LogP contribution < -0.4 is 5.32 Å². The summed E-state index contributed by atoms with van der Waals surface area (Å²) in [7, 11) is 4.22. The third kappa shape index (κ3) is 3.20. The predicted molar refractivity (Wildman–Crippen MR) is 156 cm³/mol. The molecular weight excluding hydrogens is 580 g/mol. The van der Waals surface area contributed by atoms with Gasteiger partial charge in [-0.2, -0.15) is 10.2 Å². The monoisotopic (exact) mass is 609 g/mol. The average Bonchev–Trinajstić information content (AvgIpc) is 3.46. The van der Waals surface area contributed by atoms with E-state index in [9.17, 15) is 0 Å². The second-order valence-electron chi connectivity index (χ2n) is 10.7. The quantitative estimate of drug-likeness (QED) is 0.205. The SMILES string of the molecule is Cc1ccc2c(cnn2PI)c1-c1c(-c2ccc3c(c2)c(C)nn3C)nc(C2CC3(CNC3)C2)n1C. The minimum Gasteiger partial charge on any atom is -0.330 e. The average molecular weight is 609 g/mol. The summed E-state index contributed by atoms with van der Waals surface area (Å²) in [5, 5.41) is 15.2. The fraction of sp³-hybridized carbons (Fsp3) is 0.370. The lowest BCUT2D eigenvalue weighted by Gasteiger charge is -2.54. The van der Waals surface area contributed by atoms with E-state index in [-0.39, 0.29) is 0 Å². The molecule has 2 fully saturated rings. The Morgan fingerprint density at radius 2 is 1.83 bits per heavy atom. The first kappa shape index (κ1) is 22.9. The summed E-state index contributed by atoms with van der Waals surface area (Å²) < 4.78 is 6.44. The van der Waals surface area contributed by atoms with Crippen LogP contribution in [0, 0.1) is 19.3 Å². The van der Waals surface area contributed by atoms with Crippen molar-refractivity contribution in [2.45, 2.75) is 32.6 Å². The summed E-state index contributed by atoms with van der Waals surface area (Å²) in [6.07, 6.45) is 5.05. The lowest BCUT2D eigenvalue weighted by atomic mass is 9.58. The zero-order valence-corrected chi connectivity index (χ0v) is 24.1. The molecule has 7 nitrogen and oxygen atoms in total. The number of nitrogens with zero attached hydrogens (tertiary/aromatic N) is 6. The van der Waals surface area contributed by atoms with E-state index >= 15 is 0 Å². The first-order chi connectivity index (χ1) is 17.4. The zero-order chi connectivity index (χ0) is 24.8. The lowest BCUT2D eigenvalue weighted by molar-refractivity contribution is 0.0321. The number of rotatable bonds is 4. The fourth-order valence-electron chi connectivity index (χ4n) is 6.48. The molecule has 1 saturated heterocycles. The molecule has 1 atom stereocenters. The predicted octanol–water partition coefficient (Wildman–Crippen LogP) is 5.87. The smallest absolute Gasteiger partial charge is 0.112 e. The van der Waals surface area contributed by atoms with Gasteiger partial charge in [0.25, 0.3) is 0 Å². The second kappa shape index (κ2) is 8.10. The maximum Gasteiger partial charge on any atom is 0.112 e. The van der Waals surface area contributed by atoms with Crippen molar-refractivity contribution in [1.29, 1.82) is 0 Å². The largest absolute Gasteiger partial charge is 0.330 e. The molecule has 36 heavy (non-hydrogen) atoms. The van der Waals surface area contributed by atoms with Gasteiger partial charge >= 0.3 is 0 Å². The number of nitrogens with one attached hydrogen (secondary N) is 1. The van der Waals surface area contributed by atoms with E-state index in [4.69, 9.17) is 10.1 Å². The molecule has 4 heterocycles. The van der Waals surface area contributed by atoms with Crippen molar-refractivity contribution in [3.8, 4) is 22.5 Å². The van der Waals surface area contributed by atoms with Crippen molar-refractivity contribution in [3.05, 3.63) is 53.6 Å². The van der Waals surface area contributed by atoms with Crippen LogP contribution in [0.25, 0.3) is 44.3 Å². The van der Waals surface area contributed by atoms with Crippen molar-refractivity contribution in [3.63, 3.8) is 0 Å². The number of hydrogen-bond acceptors (Lipinski definition) is 4. The number of fused-ring (bicyclic) bond motifs is 2. The molecule has 2 aromatic carbocycles. The first-order valence-electron chi connectivity index (χ1n) is 12.4. The Hall–Kier alpha value is -2.29. The van der Waals surface area contributed by atoms with Crippen LogP contribution in [0.2, 0.25) is 0 Å². The number of benzene rings is 2. The highest BCUT2D eigenvalue weighted by Crippen LogP contribution is 2.54. The van der Waals surface area contributed by atoms with E-state index in [1.165, 1.54) is 51.8 Å². The molecule has 0 bridgehead atoms. The van der Waals surface area contributed by atoms with Crippen molar-refractivity contribution in [2.24, 2.45) is 19.5 Å². The number of halogens is 1. The molecule has 2 aliphatic rings. The molecule has 0 radical (unpaired) electrons. The van der Waals surface area contributed by atoms with Crippen LogP contribution in [0.3, 0.4) is 0 Å². The van der Waals surface area contributed by atoms with Gasteiger partial charge in [-0.25, -0.2) is 9.44 Å². The zero-order valence-electron chi connectivity index (χ0n) is 20.9. The summed E-state index contributed by atoms with van der Waals surface area (Å²) in [6.45, 7) is 6.60. The van der Waals surface area contributed by atoms with Gasteiger partial charge in [0.05, 0.1) is 40.7 Å². The van der Waals surface area contributed by atoms with Gasteiger partial charge < -0.3 is 9.88 Å². The molecule has 1 aliphatic carbocycles. The third-order valence-electron chi connectivity index (χ3n) is 8.44. The van der Waals surface area contributed by atoms with Crippen LogP contribution in [-0.4, -0.2) is 42.0 Å². The van der Waals surface area contributed by atoms with Gasteiger partial charge in [-0.1, -0.05) is 12.1 Å². The summed E-state index contributed by atoms with van der Waals surface area (Å²) in [4.78, 5) is 5.41. The maximum absolute atomic E-state index is 5.41. The third-order valence-corrected chi connectivity index (χ3v) is 10.3. The molecule has 7 rings (SSSR count). The summed E-state index contributed by atoms with van der Waals surface area (Å²) in [6, 6.07) is 11.1. The van der Waals surface area contributed by atoms with E-state index < -0.39 is 0 Å². The van der Waals surface area contributed by atoms with Gasteiger partial charge in [0.15, 0.2) is 0 Å². The van der Waals surface area contributed by atoms with Crippen molar-refractivity contribution in [1.82, 2.24) is 34.2 Å². The van der Waals surface area contributed by atoms with E-state index in [0.29, 0.717) is 17.7 Å². The standard InChI is InChI=1S/C27H29IN7P/c1-15-5-7-22-20(12-30-35(22)36-28)23(15)25-24(17-6-8-21-19(9-17)16(2)32-34(21)4)31-26(33(25)3)18-10-27(11-18)13-29-14-27/h5-9,12,18,29,36H,10-11,13-14H2,1-4H3. The van der Waals surface area contributed by atoms with Gasteiger partial charge in [-0.15, -0.1) is 0 Å². The minimum absolute atomic E-state index is 0.501. The molecule has 184 valence electrons. The number of imidazole rings is 1. The van der Waals surface area contributed by atoms with Crippen LogP contribution in [-0.2, 0) is 14.1 Å². The Balaban J connectivity index is 1.47.